The Morgan fingerprint density at radius 3 is 2.76 bits per heavy atom. The molecule has 2 heterocycles. The Morgan fingerprint density at radius 2 is 2.05 bits per heavy atom. The fourth-order valence-corrected chi connectivity index (χ4v) is 2.81. The number of carboxylic acid groups (broad SMARTS) is 1. The van der Waals surface area contributed by atoms with E-state index in [2.05, 4.69) is 5.10 Å². The van der Waals surface area contributed by atoms with E-state index in [4.69, 9.17) is 5.11 Å². The first kappa shape index (κ1) is 13.6. The summed E-state index contributed by atoms with van der Waals surface area (Å²) in [6.07, 6.45) is 9.77. The van der Waals surface area contributed by atoms with Crippen LogP contribution in [0.5, 0.6) is 0 Å². The minimum Gasteiger partial charge on any atom is -0.477 e. The molecule has 0 unspecified atom stereocenters. The van der Waals surface area contributed by atoms with Crippen molar-refractivity contribution < 1.29 is 9.90 Å². The molecular formula is C15H17N3O3. The zero-order valence-electron chi connectivity index (χ0n) is 11.6. The van der Waals surface area contributed by atoms with Gasteiger partial charge in [0.25, 0.3) is 0 Å². The van der Waals surface area contributed by atoms with Gasteiger partial charge in [0.1, 0.15) is 5.56 Å². The van der Waals surface area contributed by atoms with Crippen molar-refractivity contribution in [1.29, 1.82) is 0 Å². The van der Waals surface area contributed by atoms with Gasteiger partial charge in [-0.3, -0.25) is 9.48 Å². The summed E-state index contributed by atoms with van der Waals surface area (Å²) in [5.41, 5.74) is 0.171. The van der Waals surface area contributed by atoms with Crippen molar-refractivity contribution in [2.24, 2.45) is 0 Å². The molecule has 110 valence electrons. The fourth-order valence-electron chi connectivity index (χ4n) is 2.81. The van der Waals surface area contributed by atoms with Gasteiger partial charge in [-0.25, -0.2) is 4.79 Å². The van der Waals surface area contributed by atoms with E-state index in [1.165, 1.54) is 37.9 Å². The molecule has 1 aliphatic rings. The summed E-state index contributed by atoms with van der Waals surface area (Å²) in [4.78, 5) is 22.4. The highest BCUT2D eigenvalue weighted by Gasteiger charge is 2.17. The van der Waals surface area contributed by atoms with E-state index in [0.29, 0.717) is 12.6 Å². The lowest BCUT2D eigenvalue weighted by Gasteiger charge is -2.09. The van der Waals surface area contributed by atoms with E-state index in [1.54, 1.807) is 10.8 Å². The van der Waals surface area contributed by atoms with Crippen LogP contribution in [0.1, 0.15) is 47.8 Å². The molecule has 2 aromatic heterocycles. The van der Waals surface area contributed by atoms with Crippen LogP contribution in [0, 0.1) is 0 Å². The van der Waals surface area contributed by atoms with Gasteiger partial charge in [-0.15, -0.1) is 0 Å². The van der Waals surface area contributed by atoms with Crippen LogP contribution in [0.2, 0.25) is 0 Å². The first-order valence-corrected chi connectivity index (χ1v) is 7.11. The number of rotatable bonds is 4. The van der Waals surface area contributed by atoms with E-state index in [9.17, 15) is 9.59 Å². The number of nitrogens with zero attached hydrogens (tertiary/aromatic N) is 3. The molecule has 0 aromatic carbocycles. The number of aromatic carboxylic acids is 1. The van der Waals surface area contributed by atoms with Gasteiger partial charge in [-0.05, 0) is 18.9 Å². The second-order valence-corrected chi connectivity index (χ2v) is 5.43. The molecule has 6 nitrogen and oxygen atoms in total. The van der Waals surface area contributed by atoms with Crippen LogP contribution in [0.3, 0.4) is 0 Å². The zero-order chi connectivity index (χ0) is 14.8. The Bertz CT molecular complexity index is 711. The smallest absolute Gasteiger partial charge is 0.341 e. The van der Waals surface area contributed by atoms with Gasteiger partial charge in [0.05, 0.1) is 18.3 Å². The number of carbonyl (C=O) groups is 1. The number of pyridine rings is 1. The monoisotopic (exact) mass is 287 g/mol. The molecule has 0 aliphatic heterocycles. The van der Waals surface area contributed by atoms with Crippen molar-refractivity contribution >= 4 is 5.97 Å². The Kier molecular flexibility index (Phi) is 3.60. The topological polar surface area (TPSA) is 77.1 Å². The third-order valence-electron chi connectivity index (χ3n) is 3.92. The van der Waals surface area contributed by atoms with Gasteiger partial charge in [-0.1, -0.05) is 12.8 Å². The maximum atomic E-state index is 11.4. The highest BCUT2D eigenvalue weighted by atomic mass is 16.4. The Labute approximate surface area is 121 Å². The SMILES string of the molecule is O=C(O)c1cn(Cc2ccn(C3CCCC3)n2)ccc1=O. The van der Waals surface area contributed by atoms with Gasteiger partial charge in [-0.2, -0.15) is 5.10 Å². The van der Waals surface area contributed by atoms with Crippen LogP contribution in [0.15, 0.2) is 35.5 Å². The lowest BCUT2D eigenvalue weighted by molar-refractivity contribution is 0.0694. The van der Waals surface area contributed by atoms with Gasteiger partial charge in [0, 0.05) is 24.7 Å². The van der Waals surface area contributed by atoms with E-state index < -0.39 is 11.4 Å². The normalized spacial score (nSPS) is 15.4. The average Bonchev–Trinajstić information content (AvgIpc) is 3.11. The van der Waals surface area contributed by atoms with Crippen molar-refractivity contribution in [2.45, 2.75) is 38.3 Å². The van der Waals surface area contributed by atoms with E-state index in [1.807, 2.05) is 16.9 Å². The lowest BCUT2D eigenvalue weighted by Crippen LogP contribution is -2.17. The summed E-state index contributed by atoms with van der Waals surface area (Å²) in [6, 6.07) is 3.70. The highest BCUT2D eigenvalue weighted by Crippen LogP contribution is 2.28. The molecule has 1 aliphatic carbocycles. The van der Waals surface area contributed by atoms with Crippen LogP contribution in [-0.4, -0.2) is 25.4 Å². The van der Waals surface area contributed by atoms with Crippen molar-refractivity contribution in [2.75, 3.05) is 0 Å². The number of hydrogen-bond acceptors (Lipinski definition) is 3. The van der Waals surface area contributed by atoms with Crippen LogP contribution < -0.4 is 5.43 Å². The molecule has 21 heavy (non-hydrogen) atoms. The van der Waals surface area contributed by atoms with Gasteiger partial charge in [0.15, 0.2) is 5.43 Å². The zero-order valence-corrected chi connectivity index (χ0v) is 11.6. The van der Waals surface area contributed by atoms with Gasteiger partial charge >= 0.3 is 5.97 Å². The first-order valence-electron chi connectivity index (χ1n) is 7.11. The van der Waals surface area contributed by atoms with Gasteiger partial charge < -0.3 is 9.67 Å². The molecule has 0 spiro atoms. The number of carboxylic acids is 1. The summed E-state index contributed by atoms with van der Waals surface area (Å²) >= 11 is 0. The van der Waals surface area contributed by atoms with Crippen molar-refractivity contribution in [1.82, 2.24) is 14.3 Å². The highest BCUT2D eigenvalue weighted by molar-refractivity contribution is 5.86. The predicted octanol–water partition coefficient (Wildman–Crippen LogP) is 1.91. The van der Waals surface area contributed by atoms with E-state index in [0.717, 1.165) is 5.69 Å². The maximum Gasteiger partial charge on any atom is 0.341 e. The van der Waals surface area contributed by atoms with Crippen molar-refractivity contribution in [3.8, 4) is 0 Å². The summed E-state index contributed by atoms with van der Waals surface area (Å²) in [7, 11) is 0. The minimum atomic E-state index is -1.20. The second kappa shape index (κ2) is 5.55. The summed E-state index contributed by atoms with van der Waals surface area (Å²) in [5.74, 6) is -1.20. The molecule has 3 rings (SSSR count). The number of hydrogen-bond donors (Lipinski definition) is 1. The third kappa shape index (κ3) is 2.89. The Hall–Kier alpha value is -2.37. The quantitative estimate of drug-likeness (QED) is 0.931. The molecule has 6 heteroatoms. The molecule has 1 fully saturated rings. The average molecular weight is 287 g/mol. The minimum absolute atomic E-state index is 0.215. The molecule has 1 N–H and O–H groups in total. The van der Waals surface area contributed by atoms with Gasteiger partial charge in [0.2, 0.25) is 0 Å². The molecule has 0 saturated heterocycles. The summed E-state index contributed by atoms with van der Waals surface area (Å²) in [6.45, 7) is 0.459. The Balaban J connectivity index is 1.79. The molecular weight excluding hydrogens is 270 g/mol. The molecule has 0 radical (unpaired) electrons. The summed E-state index contributed by atoms with van der Waals surface area (Å²) < 4.78 is 3.68. The Morgan fingerprint density at radius 1 is 1.29 bits per heavy atom. The van der Waals surface area contributed by atoms with Crippen LogP contribution in [-0.2, 0) is 6.54 Å². The van der Waals surface area contributed by atoms with Crippen LogP contribution in [0.4, 0.5) is 0 Å². The van der Waals surface area contributed by atoms with Crippen molar-refractivity contribution in [3.05, 3.63) is 52.2 Å². The van der Waals surface area contributed by atoms with E-state index in [-0.39, 0.29) is 5.56 Å². The molecule has 2 aromatic rings. The van der Waals surface area contributed by atoms with Crippen LogP contribution >= 0.6 is 0 Å². The lowest BCUT2D eigenvalue weighted by atomic mass is 10.2. The summed E-state index contributed by atoms with van der Waals surface area (Å²) in [5, 5.41) is 13.5. The first-order chi connectivity index (χ1) is 10.1. The van der Waals surface area contributed by atoms with Crippen molar-refractivity contribution in [3.63, 3.8) is 0 Å². The molecule has 1 saturated carbocycles. The third-order valence-corrected chi connectivity index (χ3v) is 3.92. The molecule has 0 atom stereocenters. The fraction of sp³-hybridized carbons (Fsp3) is 0.400. The van der Waals surface area contributed by atoms with Crippen LogP contribution in [0.25, 0.3) is 0 Å². The molecule has 0 bridgehead atoms. The van der Waals surface area contributed by atoms with E-state index >= 15 is 0 Å². The molecule has 0 amide bonds. The largest absolute Gasteiger partial charge is 0.477 e. The second-order valence-electron chi connectivity index (χ2n) is 5.43. The maximum absolute atomic E-state index is 11.4. The standard InChI is InChI=1S/C15H17N3O3/c19-14-6-7-17(10-13(14)15(20)21)9-11-5-8-18(16-11)12-3-1-2-4-12/h5-8,10,12H,1-4,9H2,(H,20,21). The number of aromatic nitrogens is 3. The predicted molar refractivity (Wildman–Crippen MR) is 76.5 cm³/mol.